The minimum absolute atomic E-state index is 0.0841. The van der Waals surface area contributed by atoms with Crippen LogP contribution in [0, 0.1) is 0 Å². The van der Waals surface area contributed by atoms with Crippen molar-refractivity contribution >= 4 is 11.8 Å². The molecule has 0 saturated heterocycles. The summed E-state index contributed by atoms with van der Waals surface area (Å²) >= 11 is 0.953. The molecule has 2 rings (SSSR count). The molecule has 11 heteroatoms. The molecule has 2 aromatic heterocycles. The van der Waals surface area contributed by atoms with Gasteiger partial charge in [-0.1, -0.05) is 30.8 Å². The number of aromatic nitrogens is 5. The van der Waals surface area contributed by atoms with Crippen molar-refractivity contribution in [2.45, 2.75) is 43.3 Å². The van der Waals surface area contributed by atoms with Gasteiger partial charge >= 0.3 is 6.18 Å². The van der Waals surface area contributed by atoms with Gasteiger partial charge in [-0.2, -0.15) is 18.2 Å². The Labute approximate surface area is 122 Å². The third-order valence-electron chi connectivity index (χ3n) is 2.52. The van der Waals surface area contributed by atoms with E-state index in [0.29, 0.717) is 16.4 Å². The number of nitrogens with zero attached hydrogens (tertiary/aromatic N) is 5. The molecule has 1 atom stereocenters. The molecule has 0 fully saturated rings. The summed E-state index contributed by atoms with van der Waals surface area (Å²) < 4.78 is 43.2. The molecule has 116 valence electrons. The fraction of sp³-hybridized carbons (Fsp3) is 0.600. The molecule has 2 N–H and O–H groups in total. The van der Waals surface area contributed by atoms with Gasteiger partial charge in [0.2, 0.25) is 11.0 Å². The maximum absolute atomic E-state index is 12.6. The quantitative estimate of drug-likeness (QED) is 0.682. The van der Waals surface area contributed by atoms with E-state index < -0.39 is 17.3 Å². The number of nitrogens with two attached hydrogens (primary N) is 1. The second kappa shape index (κ2) is 5.54. The van der Waals surface area contributed by atoms with Crippen LogP contribution < -0.4 is 5.84 Å². The lowest BCUT2D eigenvalue weighted by atomic mass is 10.2. The van der Waals surface area contributed by atoms with Crippen LogP contribution in [0.3, 0.4) is 0 Å². The summed E-state index contributed by atoms with van der Waals surface area (Å²) in [5.74, 6) is 5.01. The van der Waals surface area contributed by atoms with Gasteiger partial charge < -0.3 is 10.4 Å². The van der Waals surface area contributed by atoms with E-state index in [9.17, 15) is 13.2 Å². The minimum Gasteiger partial charge on any atom is -0.338 e. The van der Waals surface area contributed by atoms with Crippen LogP contribution in [0.4, 0.5) is 13.2 Å². The van der Waals surface area contributed by atoms with Crippen LogP contribution in [-0.2, 0) is 6.18 Å². The van der Waals surface area contributed by atoms with Crippen molar-refractivity contribution in [3.8, 4) is 0 Å². The molecule has 0 aliphatic heterocycles. The largest absolute Gasteiger partial charge is 0.453 e. The SMILES string of the molecule is CC(C)c1noc(C(C)Sc2nnc(C(F)(F)F)n2N)n1. The second-order valence-corrected chi connectivity index (χ2v) is 5.89. The Kier molecular flexibility index (Phi) is 4.12. The van der Waals surface area contributed by atoms with E-state index in [1.165, 1.54) is 0 Å². The summed E-state index contributed by atoms with van der Waals surface area (Å²) in [5, 5.41) is 9.78. The number of rotatable bonds is 4. The summed E-state index contributed by atoms with van der Waals surface area (Å²) in [7, 11) is 0. The first-order chi connectivity index (χ1) is 9.70. The Morgan fingerprint density at radius 2 is 1.90 bits per heavy atom. The molecule has 0 saturated carbocycles. The van der Waals surface area contributed by atoms with Gasteiger partial charge in [-0.3, -0.25) is 0 Å². The number of hydrogen-bond donors (Lipinski definition) is 1. The molecule has 7 nitrogen and oxygen atoms in total. The zero-order valence-corrected chi connectivity index (χ0v) is 12.2. The standard InChI is InChI=1S/C10H13F3N6OS/c1-4(2)6-15-7(20-18-6)5(3)21-9-17-16-8(19(9)14)10(11,12)13/h4-5H,14H2,1-3H3. The maximum atomic E-state index is 12.6. The van der Waals surface area contributed by atoms with E-state index in [2.05, 4.69) is 20.3 Å². The summed E-state index contributed by atoms with van der Waals surface area (Å²) in [4.78, 5) is 4.17. The van der Waals surface area contributed by atoms with Crippen LogP contribution in [-0.4, -0.2) is 25.0 Å². The monoisotopic (exact) mass is 322 g/mol. The van der Waals surface area contributed by atoms with Gasteiger partial charge in [-0.25, -0.2) is 4.68 Å². The van der Waals surface area contributed by atoms with Crippen LogP contribution >= 0.6 is 11.8 Å². The van der Waals surface area contributed by atoms with Gasteiger partial charge in [-0.05, 0) is 6.92 Å². The first-order valence-electron chi connectivity index (χ1n) is 5.98. The molecule has 21 heavy (non-hydrogen) atoms. The second-order valence-electron chi connectivity index (χ2n) is 4.58. The molecule has 0 radical (unpaired) electrons. The lowest BCUT2D eigenvalue weighted by Gasteiger charge is -2.07. The van der Waals surface area contributed by atoms with E-state index in [-0.39, 0.29) is 11.1 Å². The number of halogens is 3. The summed E-state index contributed by atoms with van der Waals surface area (Å²) in [6.07, 6.45) is -4.65. The normalized spacial score (nSPS) is 13.9. The molecular weight excluding hydrogens is 309 g/mol. The predicted molar refractivity (Wildman–Crippen MR) is 67.8 cm³/mol. The molecule has 1 unspecified atom stereocenters. The minimum atomic E-state index is -4.65. The van der Waals surface area contributed by atoms with Gasteiger partial charge in [0.15, 0.2) is 5.82 Å². The molecule has 0 aliphatic carbocycles. The molecule has 2 heterocycles. The summed E-state index contributed by atoms with van der Waals surface area (Å²) in [5.41, 5.74) is 0. The average Bonchev–Trinajstić information content (AvgIpc) is 2.96. The van der Waals surface area contributed by atoms with Crippen molar-refractivity contribution in [2.24, 2.45) is 0 Å². The Morgan fingerprint density at radius 3 is 2.38 bits per heavy atom. The first-order valence-corrected chi connectivity index (χ1v) is 6.86. The lowest BCUT2D eigenvalue weighted by molar-refractivity contribution is -0.146. The highest BCUT2D eigenvalue weighted by atomic mass is 32.2. The van der Waals surface area contributed by atoms with E-state index >= 15 is 0 Å². The molecule has 0 amide bonds. The van der Waals surface area contributed by atoms with Gasteiger partial charge in [-0.15, -0.1) is 10.2 Å². The first kappa shape index (κ1) is 15.6. The Hall–Kier alpha value is -1.78. The predicted octanol–water partition coefficient (Wildman–Crippen LogP) is 2.37. The van der Waals surface area contributed by atoms with Crippen LogP contribution in [0.25, 0.3) is 0 Å². The topological polar surface area (TPSA) is 95.7 Å². The van der Waals surface area contributed by atoms with E-state index in [1.54, 1.807) is 6.92 Å². The van der Waals surface area contributed by atoms with E-state index in [0.717, 1.165) is 11.8 Å². The molecule has 0 spiro atoms. The van der Waals surface area contributed by atoms with Crippen LogP contribution in [0.15, 0.2) is 9.68 Å². The number of thioether (sulfide) groups is 1. The van der Waals surface area contributed by atoms with Crippen molar-refractivity contribution in [1.82, 2.24) is 25.0 Å². The summed E-state index contributed by atoms with van der Waals surface area (Å²) in [6, 6.07) is 0. The van der Waals surface area contributed by atoms with E-state index in [1.807, 2.05) is 13.8 Å². The highest BCUT2D eigenvalue weighted by Crippen LogP contribution is 2.35. The molecule has 0 aliphatic rings. The average molecular weight is 322 g/mol. The maximum Gasteiger partial charge on any atom is 0.453 e. The number of alkyl halides is 3. The van der Waals surface area contributed by atoms with Crippen molar-refractivity contribution < 1.29 is 17.7 Å². The van der Waals surface area contributed by atoms with Gasteiger partial charge in [0, 0.05) is 5.92 Å². The zero-order chi connectivity index (χ0) is 15.8. The smallest absolute Gasteiger partial charge is 0.338 e. The van der Waals surface area contributed by atoms with Crippen LogP contribution in [0.1, 0.15) is 49.5 Å². The van der Waals surface area contributed by atoms with Crippen molar-refractivity contribution in [1.29, 1.82) is 0 Å². The molecule has 0 aromatic carbocycles. The summed E-state index contributed by atoms with van der Waals surface area (Å²) in [6.45, 7) is 5.50. The lowest BCUT2D eigenvalue weighted by Crippen LogP contribution is -2.21. The van der Waals surface area contributed by atoms with Crippen molar-refractivity contribution in [2.75, 3.05) is 5.84 Å². The highest BCUT2D eigenvalue weighted by molar-refractivity contribution is 7.99. The molecule has 0 bridgehead atoms. The van der Waals surface area contributed by atoms with Gasteiger partial charge in [0.25, 0.3) is 5.82 Å². The van der Waals surface area contributed by atoms with Crippen LogP contribution in [0.5, 0.6) is 0 Å². The van der Waals surface area contributed by atoms with Crippen molar-refractivity contribution in [3.63, 3.8) is 0 Å². The fourth-order valence-electron chi connectivity index (χ4n) is 1.41. The van der Waals surface area contributed by atoms with Crippen molar-refractivity contribution in [3.05, 3.63) is 17.5 Å². The fourth-order valence-corrected chi connectivity index (χ4v) is 2.21. The third-order valence-corrected chi connectivity index (χ3v) is 3.57. The van der Waals surface area contributed by atoms with Crippen LogP contribution in [0.2, 0.25) is 0 Å². The Balaban J connectivity index is 2.16. The number of hydrogen-bond acceptors (Lipinski definition) is 7. The highest BCUT2D eigenvalue weighted by Gasteiger charge is 2.38. The Morgan fingerprint density at radius 1 is 1.24 bits per heavy atom. The zero-order valence-electron chi connectivity index (χ0n) is 11.4. The molecule has 2 aromatic rings. The van der Waals surface area contributed by atoms with E-state index in [4.69, 9.17) is 10.4 Å². The number of nitrogen functional groups attached to an aromatic ring is 1. The van der Waals surface area contributed by atoms with Gasteiger partial charge in [0.1, 0.15) is 0 Å². The molecular formula is C10H13F3N6OS. The third kappa shape index (κ3) is 3.28. The Bertz CT molecular complexity index is 623. The van der Waals surface area contributed by atoms with Gasteiger partial charge in [0.05, 0.1) is 5.25 Å².